The van der Waals surface area contributed by atoms with Crippen molar-refractivity contribution in [2.45, 2.75) is 64.2 Å². The summed E-state index contributed by atoms with van der Waals surface area (Å²) < 4.78 is 0. The van der Waals surface area contributed by atoms with Crippen molar-refractivity contribution in [3.63, 3.8) is 0 Å². The fourth-order valence-corrected chi connectivity index (χ4v) is 1.80. The van der Waals surface area contributed by atoms with E-state index in [1.807, 2.05) is 0 Å². The summed E-state index contributed by atoms with van der Waals surface area (Å²) in [5, 5.41) is 0. The van der Waals surface area contributed by atoms with Gasteiger partial charge in [-0.25, -0.2) is 0 Å². The van der Waals surface area contributed by atoms with E-state index in [2.05, 4.69) is 12.8 Å². The fraction of sp³-hybridized carbons (Fsp3) is 0.833. The van der Waals surface area contributed by atoms with Gasteiger partial charge in [0.05, 0.1) is 0 Å². The summed E-state index contributed by atoms with van der Waals surface area (Å²) in [7, 11) is 0. The van der Waals surface area contributed by atoms with Crippen LogP contribution < -0.4 is 0 Å². The third kappa shape index (κ3) is 8.84. The Morgan fingerprint density at radius 1 is 0.462 bits per heavy atom. The van der Waals surface area contributed by atoms with E-state index in [9.17, 15) is 0 Å². The van der Waals surface area contributed by atoms with Gasteiger partial charge in [0.2, 0.25) is 0 Å². The van der Waals surface area contributed by atoms with E-state index >= 15 is 0 Å². The van der Waals surface area contributed by atoms with E-state index in [1.54, 1.807) is 0 Å². The van der Waals surface area contributed by atoms with Gasteiger partial charge in [-0.05, 0) is 0 Å². The Balaban J connectivity index is 0.000000206. The molecule has 0 amide bonds. The Morgan fingerprint density at radius 3 is 0.846 bits per heavy atom. The minimum Gasteiger partial charge on any atom is -0.328 e. The van der Waals surface area contributed by atoms with Gasteiger partial charge in [0.1, 0.15) is 0 Å². The Bertz CT molecular complexity index is 48.1. The summed E-state index contributed by atoms with van der Waals surface area (Å²) >= 11 is 0. The Morgan fingerprint density at radius 2 is 0.769 bits per heavy atom. The molecule has 78 valence electrons. The monoisotopic (exact) mass is 222 g/mol. The van der Waals surface area contributed by atoms with E-state index in [0.717, 1.165) is 0 Å². The van der Waals surface area contributed by atoms with Crippen LogP contribution in [-0.2, 0) is 17.1 Å². The van der Waals surface area contributed by atoms with Crippen LogP contribution in [0.3, 0.4) is 0 Å². The van der Waals surface area contributed by atoms with E-state index in [4.69, 9.17) is 0 Å². The molecule has 0 aromatic heterocycles. The minimum absolute atomic E-state index is 0. The molecule has 2 saturated carbocycles. The molecule has 0 atom stereocenters. The zero-order valence-corrected chi connectivity index (χ0v) is 9.68. The number of hydrogen-bond acceptors (Lipinski definition) is 0. The maximum Gasteiger partial charge on any atom is 2.00 e. The first-order valence-corrected chi connectivity index (χ1v) is 5.63. The van der Waals surface area contributed by atoms with Gasteiger partial charge in [-0.15, -0.1) is 0 Å². The van der Waals surface area contributed by atoms with Gasteiger partial charge < -0.3 is 12.8 Å². The molecule has 0 unspecified atom stereocenters. The van der Waals surface area contributed by atoms with Crippen LogP contribution in [0.1, 0.15) is 64.2 Å². The van der Waals surface area contributed by atoms with Crippen molar-refractivity contribution in [1.82, 2.24) is 0 Å². The summed E-state index contributed by atoms with van der Waals surface area (Å²) in [4.78, 5) is 0. The van der Waals surface area contributed by atoms with Crippen LogP contribution in [0.25, 0.3) is 0 Å². The van der Waals surface area contributed by atoms with Crippen LogP contribution in [0, 0.1) is 12.8 Å². The molecule has 0 N–H and O–H groups in total. The van der Waals surface area contributed by atoms with Crippen LogP contribution in [0.4, 0.5) is 0 Å². The maximum atomic E-state index is 2.39. The zero-order valence-electron chi connectivity index (χ0n) is 8.58. The van der Waals surface area contributed by atoms with Gasteiger partial charge in [0.25, 0.3) is 0 Å². The molecule has 0 aromatic rings. The van der Waals surface area contributed by atoms with Gasteiger partial charge in [-0.2, -0.15) is 25.7 Å². The van der Waals surface area contributed by atoms with E-state index in [-0.39, 0.29) is 17.1 Å². The molecule has 0 aliphatic heterocycles. The second-order valence-corrected chi connectivity index (χ2v) is 3.85. The summed E-state index contributed by atoms with van der Waals surface area (Å²) in [6.07, 6.45) is 19.0. The first-order chi connectivity index (χ1) is 6.00. The predicted molar refractivity (Wildman–Crippen MR) is 54.8 cm³/mol. The van der Waals surface area contributed by atoms with Crippen LogP contribution in [0.15, 0.2) is 0 Å². The smallest absolute Gasteiger partial charge is 0.328 e. The molecular formula is C12H22Fe. The zero-order chi connectivity index (χ0) is 8.49. The summed E-state index contributed by atoms with van der Waals surface area (Å²) in [5.41, 5.74) is 0. The molecular weight excluding hydrogens is 200 g/mol. The molecule has 0 saturated heterocycles. The third-order valence-corrected chi connectivity index (χ3v) is 2.63. The van der Waals surface area contributed by atoms with E-state index < -0.39 is 0 Å². The average molecular weight is 222 g/mol. The van der Waals surface area contributed by atoms with Gasteiger partial charge in [0.15, 0.2) is 0 Å². The van der Waals surface area contributed by atoms with Crippen LogP contribution in [-0.4, -0.2) is 0 Å². The van der Waals surface area contributed by atoms with E-state index in [0.29, 0.717) is 0 Å². The largest absolute Gasteiger partial charge is 2.00 e. The normalized spacial score (nSPS) is 22.2. The minimum atomic E-state index is 0. The van der Waals surface area contributed by atoms with E-state index in [1.165, 1.54) is 64.2 Å². The molecule has 0 nitrogen and oxygen atoms in total. The average Bonchev–Trinajstić information content (AvgIpc) is 2.24. The topological polar surface area (TPSA) is 0 Å². The van der Waals surface area contributed by atoms with Crippen molar-refractivity contribution in [1.29, 1.82) is 0 Å². The summed E-state index contributed by atoms with van der Waals surface area (Å²) in [6, 6.07) is 0. The van der Waals surface area contributed by atoms with Gasteiger partial charge in [-0.1, -0.05) is 38.5 Å². The standard InChI is InChI=1S/2C6H11.Fe/c2*1-2-4-6-5-3-1;/h2*1H,2-6H2;/q2*-1;+2. The molecule has 0 spiro atoms. The molecule has 2 aliphatic carbocycles. The van der Waals surface area contributed by atoms with Gasteiger partial charge >= 0.3 is 17.1 Å². The molecule has 0 aromatic carbocycles. The molecule has 2 fully saturated rings. The van der Waals surface area contributed by atoms with Crippen molar-refractivity contribution in [2.75, 3.05) is 0 Å². The predicted octanol–water partition coefficient (Wildman–Crippen LogP) is 4.31. The molecule has 2 aliphatic rings. The third-order valence-electron chi connectivity index (χ3n) is 2.63. The van der Waals surface area contributed by atoms with Crippen molar-refractivity contribution in [3.8, 4) is 0 Å². The first-order valence-electron chi connectivity index (χ1n) is 5.63. The SMILES string of the molecule is [CH-]1CCCCC1.[CH-]1CCCCC1.[Fe+2]. The Kier molecular flexibility index (Phi) is 11.0. The molecule has 0 heterocycles. The van der Waals surface area contributed by atoms with Crippen LogP contribution in [0.2, 0.25) is 0 Å². The van der Waals surface area contributed by atoms with Crippen molar-refractivity contribution in [2.24, 2.45) is 0 Å². The molecule has 0 bridgehead atoms. The second-order valence-electron chi connectivity index (χ2n) is 3.85. The molecule has 1 heteroatoms. The van der Waals surface area contributed by atoms with Gasteiger partial charge in [-0.3, -0.25) is 0 Å². The van der Waals surface area contributed by atoms with Crippen LogP contribution in [0.5, 0.6) is 0 Å². The molecule has 2 rings (SSSR count). The quantitative estimate of drug-likeness (QED) is 0.423. The molecule has 13 heavy (non-hydrogen) atoms. The number of hydrogen-bond donors (Lipinski definition) is 0. The van der Waals surface area contributed by atoms with Crippen molar-refractivity contribution in [3.05, 3.63) is 12.8 Å². The number of rotatable bonds is 0. The Hall–Kier alpha value is 0.519. The van der Waals surface area contributed by atoms with Crippen molar-refractivity contribution >= 4 is 0 Å². The van der Waals surface area contributed by atoms with Crippen LogP contribution >= 0.6 is 0 Å². The fourth-order valence-electron chi connectivity index (χ4n) is 1.80. The van der Waals surface area contributed by atoms with Crippen molar-refractivity contribution < 1.29 is 17.1 Å². The second kappa shape index (κ2) is 10.6. The Labute approximate surface area is 94.3 Å². The summed E-state index contributed by atoms with van der Waals surface area (Å²) in [5.74, 6) is 0. The summed E-state index contributed by atoms with van der Waals surface area (Å²) in [6.45, 7) is 0. The maximum absolute atomic E-state index is 2.39. The first kappa shape index (κ1) is 13.5. The molecule has 0 radical (unpaired) electrons. The van der Waals surface area contributed by atoms with Gasteiger partial charge in [0, 0.05) is 0 Å².